The van der Waals surface area contributed by atoms with Crippen LogP contribution >= 0.6 is 0 Å². The molecule has 0 unspecified atom stereocenters. The van der Waals surface area contributed by atoms with Gasteiger partial charge in [0.1, 0.15) is 11.6 Å². The van der Waals surface area contributed by atoms with Crippen LogP contribution in [0.15, 0.2) is 36.7 Å². The zero-order chi connectivity index (χ0) is 18.5. The Morgan fingerprint density at radius 3 is 2.67 bits per heavy atom. The van der Waals surface area contributed by atoms with Crippen LogP contribution in [0.3, 0.4) is 0 Å². The molecule has 0 saturated carbocycles. The van der Waals surface area contributed by atoms with Crippen molar-refractivity contribution < 1.29 is 4.74 Å². The highest BCUT2D eigenvalue weighted by Crippen LogP contribution is 2.38. The van der Waals surface area contributed by atoms with Gasteiger partial charge >= 0.3 is 0 Å². The molecule has 0 bridgehead atoms. The molecule has 3 heterocycles. The molecule has 0 saturated heterocycles. The molecule has 27 heavy (non-hydrogen) atoms. The van der Waals surface area contributed by atoms with Gasteiger partial charge in [0.2, 0.25) is 0 Å². The van der Waals surface area contributed by atoms with E-state index < -0.39 is 0 Å². The van der Waals surface area contributed by atoms with Crippen LogP contribution in [-0.2, 0) is 13.0 Å². The highest BCUT2D eigenvalue weighted by Gasteiger charge is 2.24. The van der Waals surface area contributed by atoms with Crippen molar-refractivity contribution in [3.63, 3.8) is 0 Å². The summed E-state index contributed by atoms with van der Waals surface area (Å²) in [6, 6.07) is 10.8. The second-order valence-corrected chi connectivity index (χ2v) is 7.26. The first kappa shape index (κ1) is 16.1. The number of imidazole rings is 2. The van der Waals surface area contributed by atoms with Gasteiger partial charge < -0.3 is 14.3 Å². The maximum atomic E-state index is 5.55. The number of benzene rings is 2. The third-order valence-corrected chi connectivity index (χ3v) is 5.46. The molecule has 0 spiro atoms. The number of hydrogen-bond donors (Lipinski definition) is 1. The van der Waals surface area contributed by atoms with E-state index in [-0.39, 0.29) is 0 Å². The SMILES string of the molecule is COc1c(C)cc(-c2nc3n(c2-c2ccc4nc[nH]c4c2)CCC3)cc1C. The standard InChI is InChI=1S/C22H22N4O/c1-13-9-16(10-14(2)22(13)27-3)20-21(26-8-4-5-19(26)25-20)15-6-7-17-18(11-15)24-12-23-17/h6-7,9-12H,4-5,8H2,1-3H3,(H,23,24). The number of aromatic nitrogens is 4. The summed E-state index contributed by atoms with van der Waals surface area (Å²) in [5.74, 6) is 2.13. The molecule has 0 amide bonds. The van der Waals surface area contributed by atoms with E-state index >= 15 is 0 Å². The molecule has 1 aliphatic rings. The summed E-state index contributed by atoms with van der Waals surface area (Å²) in [5.41, 5.74) is 8.87. The van der Waals surface area contributed by atoms with Crippen LogP contribution in [0.5, 0.6) is 5.75 Å². The van der Waals surface area contributed by atoms with Gasteiger partial charge in [-0.25, -0.2) is 9.97 Å². The number of hydrogen-bond acceptors (Lipinski definition) is 3. The van der Waals surface area contributed by atoms with Crippen molar-refractivity contribution in [3.8, 4) is 28.3 Å². The first-order valence-corrected chi connectivity index (χ1v) is 9.34. The molecule has 1 aliphatic heterocycles. The fraction of sp³-hybridized carbons (Fsp3) is 0.273. The minimum absolute atomic E-state index is 0.950. The van der Waals surface area contributed by atoms with E-state index in [1.165, 1.54) is 17.1 Å². The van der Waals surface area contributed by atoms with Crippen LogP contribution in [-0.4, -0.2) is 26.6 Å². The van der Waals surface area contributed by atoms with Gasteiger partial charge in [0.05, 0.1) is 35.9 Å². The van der Waals surface area contributed by atoms with Gasteiger partial charge in [-0.05, 0) is 55.7 Å². The molecule has 2 aromatic carbocycles. The van der Waals surface area contributed by atoms with Crippen LogP contribution in [0.1, 0.15) is 23.4 Å². The van der Waals surface area contributed by atoms with Crippen LogP contribution < -0.4 is 4.74 Å². The normalized spacial score (nSPS) is 13.3. The number of nitrogens with one attached hydrogen (secondary N) is 1. The van der Waals surface area contributed by atoms with Gasteiger partial charge in [-0.3, -0.25) is 0 Å². The first-order chi connectivity index (χ1) is 13.2. The molecule has 1 N–H and O–H groups in total. The Kier molecular flexibility index (Phi) is 3.57. The van der Waals surface area contributed by atoms with Crippen LogP contribution in [0.4, 0.5) is 0 Å². The summed E-state index contributed by atoms with van der Waals surface area (Å²) in [6.07, 6.45) is 3.93. The van der Waals surface area contributed by atoms with E-state index in [1.807, 2.05) is 0 Å². The smallest absolute Gasteiger partial charge is 0.124 e. The molecule has 5 heteroatoms. The summed E-state index contributed by atoms with van der Waals surface area (Å²) >= 11 is 0. The van der Waals surface area contributed by atoms with E-state index in [4.69, 9.17) is 9.72 Å². The minimum Gasteiger partial charge on any atom is -0.496 e. The summed E-state index contributed by atoms with van der Waals surface area (Å²) < 4.78 is 7.92. The Morgan fingerprint density at radius 1 is 1.07 bits per heavy atom. The Labute approximate surface area is 158 Å². The number of rotatable bonds is 3. The molecule has 5 rings (SSSR count). The fourth-order valence-corrected chi connectivity index (χ4v) is 4.31. The van der Waals surface area contributed by atoms with Crippen molar-refractivity contribution in [2.24, 2.45) is 0 Å². The molecular formula is C22H22N4O. The van der Waals surface area contributed by atoms with Gasteiger partial charge in [-0.1, -0.05) is 6.07 Å². The Hall–Kier alpha value is -3.08. The Morgan fingerprint density at radius 2 is 1.89 bits per heavy atom. The largest absolute Gasteiger partial charge is 0.496 e. The summed E-state index contributed by atoms with van der Waals surface area (Å²) in [6.45, 7) is 5.21. The maximum absolute atomic E-state index is 5.55. The molecule has 2 aromatic heterocycles. The number of nitrogens with zero attached hydrogens (tertiary/aromatic N) is 3. The van der Waals surface area contributed by atoms with Crippen molar-refractivity contribution in [2.45, 2.75) is 33.2 Å². The predicted octanol–water partition coefficient (Wildman–Crippen LogP) is 4.67. The zero-order valence-electron chi connectivity index (χ0n) is 15.8. The monoisotopic (exact) mass is 358 g/mol. The molecular weight excluding hydrogens is 336 g/mol. The zero-order valence-corrected chi connectivity index (χ0v) is 15.8. The van der Waals surface area contributed by atoms with E-state index in [9.17, 15) is 0 Å². The topological polar surface area (TPSA) is 55.7 Å². The first-order valence-electron chi connectivity index (χ1n) is 9.34. The molecule has 0 radical (unpaired) electrons. The van der Waals surface area contributed by atoms with Crippen molar-refractivity contribution in [1.29, 1.82) is 0 Å². The van der Waals surface area contributed by atoms with Crippen molar-refractivity contribution in [2.75, 3.05) is 7.11 Å². The lowest BCUT2D eigenvalue weighted by Gasteiger charge is -2.13. The molecule has 5 nitrogen and oxygen atoms in total. The highest BCUT2D eigenvalue weighted by atomic mass is 16.5. The third-order valence-electron chi connectivity index (χ3n) is 5.46. The molecule has 0 aliphatic carbocycles. The van der Waals surface area contributed by atoms with E-state index in [1.54, 1.807) is 13.4 Å². The third kappa shape index (κ3) is 2.46. The average Bonchev–Trinajstić information content (AvgIpc) is 3.36. The number of methoxy groups -OCH3 is 1. The molecule has 0 atom stereocenters. The Bertz CT molecular complexity index is 1150. The van der Waals surface area contributed by atoms with Crippen molar-refractivity contribution in [3.05, 3.63) is 53.6 Å². The fourth-order valence-electron chi connectivity index (χ4n) is 4.31. The summed E-state index contributed by atoms with van der Waals surface area (Å²) in [4.78, 5) is 12.6. The van der Waals surface area contributed by atoms with Gasteiger partial charge in [-0.15, -0.1) is 0 Å². The quantitative estimate of drug-likeness (QED) is 0.579. The minimum atomic E-state index is 0.950. The van der Waals surface area contributed by atoms with Crippen molar-refractivity contribution >= 4 is 11.0 Å². The second kappa shape index (κ2) is 5.98. The van der Waals surface area contributed by atoms with Crippen LogP contribution in [0, 0.1) is 13.8 Å². The highest BCUT2D eigenvalue weighted by molar-refractivity contribution is 5.86. The lowest BCUT2D eigenvalue weighted by molar-refractivity contribution is 0.408. The molecule has 136 valence electrons. The second-order valence-electron chi connectivity index (χ2n) is 7.26. The average molecular weight is 358 g/mol. The van der Waals surface area contributed by atoms with Crippen LogP contribution in [0.2, 0.25) is 0 Å². The van der Waals surface area contributed by atoms with E-state index in [2.05, 4.69) is 58.7 Å². The van der Waals surface area contributed by atoms with E-state index in [0.717, 1.165) is 58.6 Å². The lowest BCUT2D eigenvalue weighted by Crippen LogP contribution is -1.97. The predicted molar refractivity (Wildman–Crippen MR) is 107 cm³/mol. The summed E-state index contributed by atoms with van der Waals surface area (Å²) in [7, 11) is 1.73. The van der Waals surface area contributed by atoms with Gasteiger partial charge in [0.25, 0.3) is 0 Å². The number of aromatic amines is 1. The number of aryl methyl sites for hydroxylation is 3. The van der Waals surface area contributed by atoms with Crippen molar-refractivity contribution in [1.82, 2.24) is 19.5 Å². The number of ether oxygens (including phenoxy) is 1. The summed E-state index contributed by atoms with van der Waals surface area (Å²) in [5, 5.41) is 0. The number of fused-ring (bicyclic) bond motifs is 2. The van der Waals surface area contributed by atoms with E-state index in [0.29, 0.717) is 0 Å². The molecule has 0 fully saturated rings. The molecule has 4 aromatic rings. The lowest BCUT2D eigenvalue weighted by atomic mass is 9.99. The Balaban J connectivity index is 1.74. The maximum Gasteiger partial charge on any atom is 0.124 e. The van der Waals surface area contributed by atoms with Gasteiger partial charge in [-0.2, -0.15) is 0 Å². The number of H-pyrrole nitrogens is 1. The van der Waals surface area contributed by atoms with Crippen LogP contribution in [0.25, 0.3) is 33.5 Å². The van der Waals surface area contributed by atoms with Gasteiger partial charge in [0, 0.05) is 24.1 Å². The van der Waals surface area contributed by atoms with Gasteiger partial charge in [0.15, 0.2) is 0 Å².